The summed E-state index contributed by atoms with van der Waals surface area (Å²) in [4.78, 5) is 10.7. The predicted octanol–water partition coefficient (Wildman–Crippen LogP) is 1.92. The van der Waals surface area contributed by atoms with Gasteiger partial charge in [0.15, 0.2) is 0 Å². The molecule has 3 heterocycles. The molecule has 8 heteroatoms. The minimum atomic E-state index is -3.31. The zero-order chi connectivity index (χ0) is 18.9. The Bertz CT molecular complexity index is 891. The average molecular weight is 388 g/mol. The van der Waals surface area contributed by atoms with Crippen LogP contribution in [0.3, 0.4) is 0 Å². The fourth-order valence-electron chi connectivity index (χ4n) is 4.08. The van der Waals surface area contributed by atoms with Crippen molar-refractivity contribution in [3.8, 4) is 5.75 Å². The molecular formula is C19H24N4O3S. The highest BCUT2D eigenvalue weighted by Gasteiger charge is 2.46. The molecule has 1 aromatic carbocycles. The maximum absolute atomic E-state index is 13.1. The summed E-state index contributed by atoms with van der Waals surface area (Å²) in [5.74, 6) is 1.58. The fraction of sp³-hybridized carbons (Fsp3) is 0.474. The molecule has 0 unspecified atom stereocenters. The maximum atomic E-state index is 13.1. The topological polar surface area (TPSA) is 75.6 Å². The molecule has 2 aromatic rings. The first-order valence-electron chi connectivity index (χ1n) is 9.22. The second-order valence-electron chi connectivity index (χ2n) is 7.10. The van der Waals surface area contributed by atoms with E-state index in [9.17, 15) is 8.42 Å². The van der Waals surface area contributed by atoms with Crippen molar-refractivity contribution in [2.24, 2.45) is 5.92 Å². The fourth-order valence-corrected chi connectivity index (χ4v) is 6.30. The Morgan fingerprint density at radius 1 is 1.15 bits per heavy atom. The van der Waals surface area contributed by atoms with Gasteiger partial charge in [0.25, 0.3) is 0 Å². The summed E-state index contributed by atoms with van der Waals surface area (Å²) in [6.45, 7) is 2.43. The van der Waals surface area contributed by atoms with Gasteiger partial charge in [0.2, 0.25) is 16.0 Å². The summed E-state index contributed by atoms with van der Waals surface area (Å²) in [7, 11) is -1.69. The van der Waals surface area contributed by atoms with Crippen LogP contribution in [0.1, 0.15) is 18.4 Å². The van der Waals surface area contributed by atoms with E-state index in [0.717, 1.165) is 24.3 Å². The van der Waals surface area contributed by atoms with E-state index in [0.29, 0.717) is 32.0 Å². The van der Waals surface area contributed by atoms with Crippen molar-refractivity contribution < 1.29 is 13.2 Å². The predicted molar refractivity (Wildman–Crippen MR) is 103 cm³/mol. The minimum absolute atomic E-state index is 0.148. The Balaban J connectivity index is 1.48. The Morgan fingerprint density at radius 2 is 1.93 bits per heavy atom. The molecule has 0 radical (unpaired) electrons. The van der Waals surface area contributed by atoms with Crippen molar-refractivity contribution in [3.63, 3.8) is 0 Å². The van der Waals surface area contributed by atoms with Gasteiger partial charge >= 0.3 is 0 Å². The van der Waals surface area contributed by atoms with Gasteiger partial charge in [-0.15, -0.1) is 0 Å². The molecule has 0 N–H and O–H groups in total. The van der Waals surface area contributed by atoms with Gasteiger partial charge in [-0.3, -0.25) is 0 Å². The van der Waals surface area contributed by atoms with Crippen LogP contribution in [0.2, 0.25) is 0 Å². The van der Waals surface area contributed by atoms with Crippen LogP contribution in [0.5, 0.6) is 5.75 Å². The largest absolute Gasteiger partial charge is 0.497 e. The number of rotatable bonds is 4. The molecule has 2 aliphatic rings. The van der Waals surface area contributed by atoms with Gasteiger partial charge in [0, 0.05) is 38.6 Å². The van der Waals surface area contributed by atoms with E-state index < -0.39 is 10.0 Å². The van der Waals surface area contributed by atoms with Crippen LogP contribution in [0.4, 0.5) is 5.95 Å². The monoisotopic (exact) mass is 388 g/mol. The van der Waals surface area contributed by atoms with Crippen LogP contribution in [0.15, 0.2) is 42.7 Å². The van der Waals surface area contributed by atoms with Crippen LogP contribution in [0.25, 0.3) is 0 Å². The van der Waals surface area contributed by atoms with E-state index in [4.69, 9.17) is 4.74 Å². The molecule has 0 saturated carbocycles. The van der Waals surface area contributed by atoms with E-state index in [2.05, 4.69) is 14.9 Å². The Hall–Kier alpha value is -2.19. The van der Waals surface area contributed by atoms with E-state index in [1.807, 2.05) is 24.3 Å². The average Bonchev–Trinajstić information content (AvgIpc) is 2.83. The van der Waals surface area contributed by atoms with Crippen molar-refractivity contribution in [2.45, 2.75) is 24.6 Å². The number of anilines is 1. The molecule has 2 fully saturated rings. The van der Waals surface area contributed by atoms with Gasteiger partial charge in [-0.05, 0) is 42.5 Å². The van der Waals surface area contributed by atoms with Crippen LogP contribution in [-0.4, -0.2) is 54.7 Å². The summed E-state index contributed by atoms with van der Waals surface area (Å²) < 4.78 is 33.1. The molecule has 144 valence electrons. The third-order valence-electron chi connectivity index (χ3n) is 5.49. The summed E-state index contributed by atoms with van der Waals surface area (Å²) >= 11 is 0. The molecule has 1 aromatic heterocycles. The lowest BCUT2D eigenvalue weighted by atomic mass is 10.0. The van der Waals surface area contributed by atoms with Crippen molar-refractivity contribution in [1.82, 2.24) is 14.3 Å². The summed E-state index contributed by atoms with van der Waals surface area (Å²) in [5.41, 5.74) is 0.952. The quantitative estimate of drug-likeness (QED) is 0.797. The molecule has 0 aliphatic carbocycles. The molecule has 0 amide bonds. The summed E-state index contributed by atoms with van der Waals surface area (Å²) in [5, 5.41) is -0.322. The zero-order valence-electron chi connectivity index (χ0n) is 15.4. The maximum Gasteiger partial charge on any atom is 0.225 e. The van der Waals surface area contributed by atoms with Gasteiger partial charge in [-0.2, -0.15) is 4.31 Å². The number of benzene rings is 1. The molecule has 2 aliphatic heterocycles. The van der Waals surface area contributed by atoms with Gasteiger partial charge in [0.05, 0.1) is 12.4 Å². The third kappa shape index (κ3) is 3.64. The second-order valence-corrected chi connectivity index (χ2v) is 9.25. The molecule has 0 spiro atoms. The number of aromatic nitrogens is 2. The minimum Gasteiger partial charge on any atom is -0.497 e. The lowest BCUT2D eigenvalue weighted by molar-refractivity contribution is 0.379. The number of fused-ring (bicyclic) bond motifs is 1. The SMILES string of the molecule is COc1cccc(CN2C[C@@H]3CCN(c4ncccn4)CC[C@@H]3S2(=O)=O)c1. The molecule has 27 heavy (non-hydrogen) atoms. The van der Waals surface area contributed by atoms with Crippen molar-refractivity contribution in [2.75, 3.05) is 31.6 Å². The number of sulfonamides is 1. The standard InChI is InChI=1S/C19H24N4O3S/c1-26-17-5-2-4-15(12-17)13-23-14-16-6-10-22(19-20-8-3-9-21-19)11-7-18(16)27(23,24)25/h2-5,8-9,12,16,18H,6-7,10-11,13-14H2,1H3/t16-,18-/m0/s1. The first-order valence-corrected chi connectivity index (χ1v) is 10.7. The summed E-state index contributed by atoms with van der Waals surface area (Å²) in [6.07, 6.45) is 4.89. The summed E-state index contributed by atoms with van der Waals surface area (Å²) in [6, 6.07) is 9.40. The zero-order valence-corrected chi connectivity index (χ0v) is 16.2. The van der Waals surface area contributed by atoms with Crippen LogP contribution >= 0.6 is 0 Å². The van der Waals surface area contributed by atoms with Gasteiger partial charge in [-0.25, -0.2) is 18.4 Å². The lowest BCUT2D eigenvalue weighted by Crippen LogP contribution is -2.32. The van der Waals surface area contributed by atoms with Crippen LogP contribution < -0.4 is 9.64 Å². The normalized spacial score (nSPS) is 25.0. The van der Waals surface area contributed by atoms with Crippen molar-refractivity contribution >= 4 is 16.0 Å². The Morgan fingerprint density at radius 3 is 2.70 bits per heavy atom. The van der Waals surface area contributed by atoms with Crippen LogP contribution in [-0.2, 0) is 16.6 Å². The Kier molecular flexibility index (Phi) is 5.01. The van der Waals surface area contributed by atoms with Crippen molar-refractivity contribution in [3.05, 3.63) is 48.3 Å². The molecule has 2 saturated heterocycles. The van der Waals surface area contributed by atoms with Crippen LogP contribution in [0, 0.1) is 5.92 Å². The van der Waals surface area contributed by atoms with Gasteiger partial charge in [-0.1, -0.05) is 12.1 Å². The van der Waals surface area contributed by atoms with Crippen molar-refractivity contribution in [1.29, 1.82) is 0 Å². The molecule has 2 atom stereocenters. The Labute approximate surface area is 160 Å². The first kappa shape index (κ1) is 18.2. The molecule has 0 bridgehead atoms. The van der Waals surface area contributed by atoms with Gasteiger partial charge < -0.3 is 9.64 Å². The van der Waals surface area contributed by atoms with E-state index in [1.165, 1.54) is 0 Å². The van der Waals surface area contributed by atoms with E-state index >= 15 is 0 Å². The highest BCUT2D eigenvalue weighted by atomic mass is 32.2. The number of nitrogens with zero attached hydrogens (tertiary/aromatic N) is 4. The third-order valence-corrected chi connectivity index (χ3v) is 7.87. The molecule has 4 rings (SSSR count). The number of ether oxygens (including phenoxy) is 1. The smallest absolute Gasteiger partial charge is 0.225 e. The number of hydrogen-bond acceptors (Lipinski definition) is 6. The first-order chi connectivity index (χ1) is 13.1. The van der Waals surface area contributed by atoms with E-state index in [-0.39, 0.29) is 11.2 Å². The lowest BCUT2D eigenvalue weighted by Gasteiger charge is -2.22. The number of hydrogen-bond donors (Lipinski definition) is 0. The second kappa shape index (κ2) is 7.44. The van der Waals surface area contributed by atoms with E-state index in [1.54, 1.807) is 29.9 Å². The molecule has 7 nitrogen and oxygen atoms in total. The molecular weight excluding hydrogens is 364 g/mol. The highest BCUT2D eigenvalue weighted by molar-refractivity contribution is 7.90. The number of methoxy groups -OCH3 is 1. The highest BCUT2D eigenvalue weighted by Crippen LogP contribution is 2.36. The van der Waals surface area contributed by atoms with Gasteiger partial charge in [0.1, 0.15) is 5.75 Å².